The third-order valence-electron chi connectivity index (χ3n) is 4.76. The van der Waals surface area contributed by atoms with E-state index in [0.29, 0.717) is 12.2 Å². The number of hydrazone groups is 1. The van der Waals surface area contributed by atoms with Gasteiger partial charge in [-0.15, -0.1) is 0 Å². The molecular formula is C23H31N3O4. The van der Waals surface area contributed by atoms with Gasteiger partial charge in [-0.3, -0.25) is 4.79 Å². The summed E-state index contributed by atoms with van der Waals surface area (Å²) in [5.41, 5.74) is 4.61. The van der Waals surface area contributed by atoms with Gasteiger partial charge < -0.3 is 19.8 Å². The van der Waals surface area contributed by atoms with Gasteiger partial charge in [-0.2, -0.15) is 5.10 Å². The lowest BCUT2D eigenvalue weighted by atomic mass is 10.0. The average molecular weight is 414 g/mol. The second-order valence-electron chi connectivity index (χ2n) is 6.77. The van der Waals surface area contributed by atoms with Crippen molar-refractivity contribution in [3.05, 3.63) is 53.6 Å². The minimum Gasteiger partial charge on any atom is -0.507 e. The van der Waals surface area contributed by atoms with Crippen LogP contribution < -0.4 is 15.1 Å². The molecule has 2 rings (SSSR count). The van der Waals surface area contributed by atoms with Crippen molar-refractivity contribution in [2.45, 2.75) is 39.7 Å². The molecule has 0 aliphatic rings. The van der Waals surface area contributed by atoms with E-state index in [1.807, 2.05) is 13.0 Å². The summed E-state index contributed by atoms with van der Waals surface area (Å²) in [4.78, 5) is 14.1. The number of phenols is 1. The number of carbonyl (C=O) groups excluding carboxylic acids is 1. The predicted octanol–water partition coefficient (Wildman–Crippen LogP) is 3.60. The lowest BCUT2D eigenvalue weighted by molar-refractivity contribution is -0.121. The number of hydrogen-bond acceptors (Lipinski definition) is 6. The van der Waals surface area contributed by atoms with Crippen LogP contribution >= 0.6 is 0 Å². The summed E-state index contributed by atoms with van der Waals surface area (Å²) >= 11 is 0. The largest absolute Gasteiger partial charge is 0.507 e. The Morgan fingerprint density at radius 1 is 1.17 bits per heavy atom. The quantitative estimate of drug-likeness (QED) is 0.387. The van der Waals surface area contributed by atoms with Crippen molar-refractivity contribution in [2.75, 3.05) is 24.6 Å². The third kappa shape index (κ3) is 6.77. The number of aliphatic hydroxyl groups excluding tert-OH is 1. The minimum atomic E-state index is -0.743. The number of hydrogen-bond donors (Lipinski definition) is 3. The van der Waals surface area contributed by atoms with Gasteiger partial charge >= 0.3 is 0 Å². The Bertz CT molecular complexity index is 833. The summed E-state index contributed by atoms with van der Waals surface area (Å²) in [6.07, 6.45) is 1.06. The molecule has 7 nitrogen and oxygen atoms in total. The van der Waals surface area contributed by atoms with E-state index in [1.54, 1.807) is 36.4 Å². The summed E-state index contributed by atoms with van der Waals surface area (Å²) in [6, 6.07) is 12.5. The molecule has 2 aromatic rings. The zero-order valence-corrected chi connectivity index (χ0v) is 17.8. The predicted molar refractivity (Wildman–Crippen MR) is 119 cm³/mol. The molecule has 0 radical (unpaired) electrons. The fraction of sp³-hybridized carbons (Fsp3) is 0.391. The summed E-state index contributed by atoms with van der Waals surface area (Å²) in [5, 5.41) is 24.3. The van der Waals surface area contributed by atoms with Gasteiger partial charge in [0, 0.05) is 36.8 Å². The highest BCUT2D eigenvalue weighted by molar-refractivity contribution is 5.86. The van der Waals surface area contributed by atoms with Crippen LogP contribution in [0.5, 0.6) is 11.5 Å². The maximum absolute atomic E-state index is 12.0. The molecule has 3 N–H and O–H groups in total. The molecular weight excluding hydrogens is 382 g/mol. The van der Waals surface area contributed by atoms with E-state index in [-0.39, 0.29) is 24.5 Å². The highest BCUT2D eigenvalue weighted by Crippen LogP contribution is 2.24. The van der Waals surface area contributed by atoms with E-state index < -0.39 is 6.10 Å². The van der Waals surface area contributed by atoms with Gasteiger partial charge in [0.05, 0.1) is 18.9 Å². The molecule has 7 heteroatoms. The van der Waals surface area contributed by atoms with Crippen molar-refractivity contribution in [3.63, 3.8) is 0 Å². The van der Waals surface area contributed by atoms with Crippen molar-refractivity contribution in [1.82, 2.24) is 5.43 Å². The molecule has 0 heterocycles. The number of aliphatic hydroxyl groups is 1. The number of ether oxygens (including phenoxy) is 1. The molecule has 162 valence electrons. The van der Waals surface area contributed by atoms with Gasteiger partial charge in [0.1, 0.15) is 11.5 Å². The molecule has 2 aromatic carbocycles. The van der Waals surface area contributed by atoms with E-state index in [2.05, 4.69) is 29.3 Å². The van der Waals surface area contributed by atoms with E-state index in [1.165, 1.54) is 6.21 Å². The van der Waals surface area contributed by atoms with Crippen molar-refractivity contribution in [1.29, 1.82) is 0 Å². The maximum Gasteiger partial charge on any atom is 0.240 e. The van der Waals surface area contributed by atoms with Crippen molar-refractivity contribution in [2.24, 2.45) is 5.10 Å². The lowest BCUT2D eigenvalue weighted by Crippen LogP contribution is -2.21. The molecule has 0 aliphatic heterocycles. The van der Waals surface area contributed by atoms with Gasteiger partial charge in [0.15, 0.2) is 0 Å². The van der Waals surface area contributed by atoms with Gasteiger partial charge in [-0.1, -0.05) is 12.1 Å². The number of nitrogens with one attached hydrogen (secondary N) is 1. The first-order valence-electron chi connectivity index (χ1n) is 10.3. The Morgan fingerprint density at radius 3 is 2.47 bits per heavy atom. The van der Waals surface area contributed by atoms with Crippen LogP contribution in [-0.4, -0.2) is 42.0 Å². The highest BCUT2D eigenvalue weighted by Gasteiger charge is 2.11. The van der Waals surface area contributed by atoms with E-state index in [4.69, 9.17) is 4.74 Å². The number of carbonyl (C=O) groups is 1. The minimum absolute atomic E-state index is 0.100. The van der Waals surface area contributed by atoms with Gasteiger partial charge in [-0.25, -0.2) is 5.43 Å². The number of amides is 1. The molecule has 0 bridgehead atoms. The van der Waals surface area contributed by atoms with Crippen molar-refractivity contribution < 1.29 is 19.7 Å². The third-order valence-corrected chi connectivity index (χ3v) is 4.76. The fourth-order valence-electron chi connectivity index (χ4n) is 3.04. The number of anilines is 1. The SMILES string of the molecule is CCOc1ccc(C(O)CCC(=O)NN=Cc2ccc(N(CC)CC)cc2O)cc1. The fourth-order valence-corrected chi connectivity index (χ4v) is 3.04. The van der Waals surface area contributed by atoms with Gasteiger partial charge in [-0.05, 0) is 57.0 Å². The second kappa shape index (κ2) is 11.8. The normalized spacial score (nSPS) is 12.0. The van der Waals surface area contributed by atoms with Crippen molar-refractivity contribution in [3.8, 4) is 11.5 Å². The Morgan fingerprint density at radius 2 is 1.87 bits per heavy atom. The van der Waals surface area contributed by atoms with Crippen LogP contribution in [0.3, 0.4) is 0 Å². The molecule has 0 aromatic heterocycles. The van der Waals surface area contributed by atoms with Crippen LogP contribution in [0.2, 0.25) is 0 Å². The molecule has 0 spiro atoms. The first kappa shape index (κ1) is 23.2. The zero-order valence-electron chi connectivity index (χ0n) is 17.8. The summed E-state index contributed by atoms with van der Waals surface area (Å²) in [5.74, 6) is 0.535. The Hall–Kier alpha value is -3.06. The Balaban J connectivity index is 1.83. The van der Waals surface area contributed by atoms with E-state index >= 15 is 0 Å². The number of nitrogens with zero attached hydrogens (tertiary/aromatic N) is 2. The average Bonchev–Trinajstić information content (AvgIpc) is 2.75. The maximum atomic E-state index is 12.0. The summed E-state index contributed by atoms with van der Waals surface area (Å²) < 4.78 is 5.38. The molecule has 0 aliphatic carbocycles. The smallest absolute Gasteiger partial charge is 0.240 e. The Kier molecular flexibility index (Phi) is 9.15. The summed E-state index contributed by atoms with van der Waals surface area (Å²) in [7, 11) is 0. The molecule has 1 atom stereocenters. The van der Waals surface area contributed by atoms with Gasteiger partial charge in [0.2, 0.25) is 5.91 Å². The lowest BCUT2D eigenvalue weighted by Gasteiger charge is -2.21. The van der Waals surface area contributed by atoms with Crippen LogP contribution in [0, 0.1) is 0 Å². The first-order valence-corrected chi connectivity index (χ1v) is 10.3. The number of rotatable bonds is 11. The van der Waals surface area contributed by atoms with Gasteiger partial charge in [0.25, 0.3) is 0 Å². The molecule has 0 saturated carbocycles. The number of aromatic hydroxyl groups is 1. The number of phenolic OH excluding ortho intramolecular Hbond substituents is 1. The highest BCUT2D eigenvalue weighted by atomic mass is 16.5. The first-order chi connectivity index (χ1) is 14.5. The molecule has 0 fully saturated rings. The zero-order chi connectivity index (χ0) is 21.9. The molecule has 30 heavy (non-hydrogen) atoms. The van der Waals surface area contributed by atoms with Crippen molar-refractivity contribution >= 4 is 17.8 Å². The van der Waals surface area contributed by atoms with E-state index in [9.17, 15) is 15.0 Å². The van der Waals surface area contributed by atoms with Crippen LogP contribution in [0.25, 0.3) is 0 Å². The van der Waals surface area contributed by atoms with Crippen LogP contribution in [-0.2, 0) is 4.79 Å². The number of benzene rings is 2. The monoisotopic (exact) mass is 413 g/mol. The topological polar surface area (TPSA) is 94.4 Å². The second-order valence-corrected chi connectivity index (χ2v) is 6.77. The Labute approximate surface area is 178 Å². The van der Waals surface area contributed by atoms with Crippen LogP contribution in [0.15, 0.2) is 47.6 Å². The van der Waals surface area contributed by atoms with Crippen LogP contribution in [0.1, 0.15) is 50.8 Å². The standard InChI is InChI=1S/C23H31N3O4/c1-4-26(5-2)19-10-7-18(22(28)15-19)16-24-25-23(29)14-13-21(27)17-8-11-20(12-9-17)30-6-3/h7-12,15-16,21,27-28H,4-6,13-14H2,1-3H3,(H,25,29). The summed E-state index contributed by atoms with van der Waals surface area (Å²) in [6.45, 7) is 8.30. The molecule has 0 saturated heterocycles. The van der Waals surface area contributed by atoms with Crippen LogP contribution in [0.4, 0.5) is 5.69 Å². The van der Waals surface area contributed by atoms with E-state index in [0.717, 1.165) is 30.1 Å². The molecule has 1 unspecified atom stereocenters. The molecule has 1 amide bonds.